The molecule has 2 saturated heterocycles. The highest BCUT2D eigenvalue weighted by molar-refractivity contribution is 6.42. The van der Waals surface area contributed by atoms with Crippen molar-refractivity contribution in [3.8, 4) is 0 Å². The van der Waals surface area contributed by atoms with Crippen LogP contribution in [0.3, 0.4) is 0 Å². The van der Waals surface area contributed by atoms with E-state index >= 15 is 0 Å². The second-order valence-corrected chi connectivity index (χ2v) is 9.45. The van der Waals surface area contributed by atoms with Gasteiger partial charge in [0.1, 0.15) is 0 Å². The number of amides is 2. The number of hydrogen-bond acceptors (Lipinski definition) is 3. The molecule has 0 bridgehead atoms. The number of nitrogens with zero attached hydrogens (tertiary/aromatic N) is 2. The first-order chi connectivity index (χ1) is 14.8. The minimum Gasteiger partial charge on any atom is -0.342 e. The molecule has 0 radical (unpaired) electrons. The van der Waals surface area contributed by atoms with Gasteiger partial charge in [-0.15, -0.1) is 0 Å². The normalized spacial score (nSPS) is 21.5. The summed E-state index contributed by atoms with van der Waals surface area (Å²) in [5, 5.41) is 4.70. The number of rotatable bonds is 4. The molecule has 2 aliphatic heterocycles. The molecule has 2 aromatic carbocycles. The monoisotopic (exact) mass is 479 g/mol. The average molecular weight is 481 g/mol. The molecule has 0 aromatic heterocycles. The molecule has 2 atom stereocenters. The third-order valence-corrected chi connectivity index (χ3v) is 7.29. The maximum absolute atomic E-state index is 13.2. The van der Waals surface area contributed by atoms with Gasteiger partial charge in [0.05, 0.1) is 16.0 Å². The van der Waals surface area contributed by atoms with Crippen LogP contribution in [-0.2, 0) is 4.79 Å². The van der Waals surface area contributed by atoms with Gasteiger partial charge in [0.15, 0.2) is 0 Å². The summed E-state index contributed by atoms with van der Waals surface area (Å²) in [5.41, 5.74) is 1.55. The molecule has 4 rings (SSSR count). The van der Waals surface area contributed by atoms with Crippen molar-refractivity contribution in [2.45, 2.75) is 18.4 Å². The zero-order chi connectivity index (χ0) is 22.1. The van der Waals surface area contributed by atoms with E-state index in [2.05, 4.69) is 5.32 Å². The average Bonchev–Trinajstić information content (AvgIpc) is 2.73. The first-order valence-electron chi connectivity index (χ1n) is 10.3. The van der Waals surface area contributed by atoms with Crippen LogP contribution in [0.2, 0.25) is 15.1 Å². The molecule has 164 valence electrons. The molecule has 2 amide bonds. The third kappa shape index (κ3) is 4.70. The van der Waals surface area contributed by atoms with Gasteiger partial charge in [-0.25, -0.2) is 0 Å². The van der Waals surface area contributed by atoms with Crippen LogP contribution in [0.4, 0.5) is 0 Å². The van der Waals surface area contributed by atoms with Crippen molar-refractivity contribution in [1.29, 1.82) is 0 Å². The van der Waals surface area contributed by atoms with Gasteiger partial charge in [-0.05, 0) is 48.4 Å². The lowest BCUT2D eigenvalue weighted by atomic mass is 9.84. The molecule has 0 aliphatic carbocycles. The number of piperidine rings is 1. The number of hydrogen-bond donors (Lipinski definition) is 1. The molecule has 5 nitrogen and oxygen atoms in total. The summed E-state index contributed by atoms with van der Waals surface area (Å²) < 4.78 is 0. The maximum Gasteiger partial charge on any atom is 0.253 e. The van der Waals surface area contributed by atoms with Gasteiger partial charge < -0.3 is 15.1 Å². The topological polar surface area (TPSA) is 52.7 Å². The molecule has 0 saturated carbocycles. The highest BCUT2D eigenvalue weighted by Gasteiger charge is 2.39. The fourth-order valence-electron chi connectivity index (χ4n) is 4.34. The van der Waals surface area contributed by atoms with Crippen molar-refractivity contribution >= 4 is 46.6 Å². The van der Waals surface area contributed by atoms with Gasteiger partial charge in [0.25, 0.3) is 5.91 Å². The Bertz CT molecular complexity index is 979. The van der Waals surface area contributed by atoms with Crippen LogP contribution in [0.25, 0.3) is 0 Å². The number of benzene rings is 2. The molecular weight excluding hydrogens is 457 g/mol. The molecule has 2 heterocycles. The van der Waals surface area contributed by atoms with Crippen molar-refractivity contribution in [3.05, 3.63) is 68.7 Å². The zero-order valence-corrected chi connectivity index (χ0v) is 19.4. The lowest BCUT2D eigenvalue weighted by molar-refractivity contribution is -0.139. The Morgan fingerprint density at radius 3 is 2.35 bits per heavy atom. The standard InChI is InChI=1S/C23H24Cl3N3O2/c1-28(22(30)14-2-5-17(24)6-3-14)21-8-9-29(23(31)16-11-27-12-16)13-18(21)15-4-7-19(25)20(26)10-15/h2-7,10,16,18,21,27H,8-9,11-13H2,1H3/t18-,21+/m0/s1. The Morgan fingerprint density at radius 1 is 1.03 bits per heavy atom. The maximum atomic E-state index is 13.2. The van der Waals surface area contributed by atoms with E-state index in [1.54, 1.807) is 35.2 Å². The van der Waals surface area contributed by atoms with Crippen LogP contribution in [0.15, 0.2) is 42.5 Å². The van der Waals surface area contributed by atoms with Crippen LogP contribution in [0, 0.1) is 5.92 Å². The van der Waals surface area contributed by atoms with Crippen molar-refractivity contribution < 1.29 is 9.59 Å². The summed E-state index contributed by atoms with van der Waals surface area (Å²) in [6.07, 6.45) is 0.687. The molecular formula is C23H24Cl3N3O2. The van der Waals surface area contributed by atoms with E-state index < -0.39 is 0 Å². The second-order valence-electron chi connectivity index (χ2n) is 8.20. The van der Waals surface area contributed by atoms with E-state index in [0.29, 0.717) is 40.1 Å². The predicted octanol–water partition coefficient (Wildman–Crippen LogP) is 4.32. The second kappa shape index (κ2) is 9.37. The summed E-state index contributed by atoms with van der Waals surface area (Å²) >= 11 is 18.4. The lowest BCUT2D eigenvalue weighted by Crippen LogP contribution is -2.57. The Labute approximate surface area is 197 Å². The number of likely N-dealkylation sites (tertiary alicyclic amines) is 1. The molecule has 31 heavy (non-hydrogen) atoms. The Kier molecular flexibility index (Phi) is 6.77. The van der Waals surface area contributed by atoms with E-state index in [1.165, 1.54) is 0 Å². The Balaban J connectivity index is 1.61. The SMILES string of the molecule is CN(C(=O)c1ccc(Cl)cc1)[C@@H]1CCN(C(=O)C2CNC2)C[C@H]1c1ccc(Cl)c(Cl)c1. The van der Waals surface area contributed by atoms with Gasteiger partial charge in [-0.1, -0.05) is 40.9 Å². The Hall–Kier alpha value is -1.79. The zero-order valence-electron chi connectivity index (χ0n) is 17.2. The number of carbonyl (C=O) groups excluding carboxylic acids is 2. The molecule has 2 fully saturated rings. The van der Waals surface area contributed by atoms with Crippen LogP contribution in [0.1, 0.15) is 28.3 Å². The molecule has 0 spiro atoms. The fraction of sp³-hybridized carbons (Fsp3) is 0.391. The van der Waals surface area contributed by atoms with Crippen LogP contribution >= 0.6 is 34.8 Å². The predicted molar refractivity (Wildman–Crippen MR) is 124 cm³/mol. The van der Waals surface area contributed by atoms with E-state index in [9.17, 15) is 9.59 Å². The van der Waals surface area contributed by atoms with Crippen molar-refractivity contribution in [1.82, 2.24) is 15.1 Å². The van der Waals surface area contributed by atoms with Gasteiger partial charge in [-0.3, -0.25) is 9.59 Å². The fourth-order valence-corrected chi connectivity index (χ4v) is 4.77. The van der Waals surface area contributed by atoms with Gasteiger partial charge in [0.2, 0.25) is 5.91 Å². The largest absolute Gasteiger partial charge is 0.342 e. The number of nitrogens with one attached hydrogen (secondary N) is 1. The smallest absolute Gasteiger partial charge is 0.253 e. The highest BCUT2D eigenvalue weighted by Crippen LogP contribution is 2.35. The van der Waals surface area contributed by atoms with E-state index in [1.807, 2.05) is 24.1 Å². The minimum atomic E-state index is -0.0796. The van der Waals surface area contributed by atoms with Crippen molar-refractivity contribution in [2.75, 3.05) is 33.2 Å². The number of likely N-dealkylation sites (N-methyl/N-ethyl adjacent to an activating group) is 1. The first-order valence-corrected chi connectivity index (χ1v) is 11.5. The van der Waals surface area contributed by atoms with E-state index in [0.717, 1.165) is 18.7 Å². The van der Waals surface area contributed by atoms with E-state index in [4.69, 9.17) is 34.8 Å². The number of halogens is 3. The van der Waals surface area contributed by atoms with Gasteiger partial charge >= 0.3 is 0 Å². The summed E-state index contributed by atoms with van der Waals surface area (Å²) in [4.78, 5) is 29.8. The summed E-state index contributed by atoms with van der Waals surface area (Å²) in [6.45, 7) is 2.61. The quantitative estimate of drug-likeness (QED) is 0.709. The molecule has 1 N–H and O–H groups in total. The summed E-state index contributed by atoms with van der Waals surface area (Å²) in [7, 11) is 1.82. The molecule has 0 unspecified atom stereocenters. The van der Waals surface area contributed by atoms with Gasteiger partial charge in [-0.2, -0.15) is 0 Å². The lowest BCUT2D eigenvalue weighted by Gasteiger charge is -2.44. The van der Waals surface area contributed by atoms with Crippen LogP contribution in [0.5, 0.6) is 0 Å². The van der Waals surface area contributed by atoms with Gasteiger partial charge in [0, 0.05) is 55.8 Å². The van der Waals surface area contributed by atoms with E-state index in [-0.39, 0.29) is 29.7 Å². The highest BCUT2D eigenvalue weighted by atomic mass is 35.5. The van der Waals surface area contributed by atoms with Crippen molar-refractivity contribution in [3.63, 3.8) is 0 Å². The minimum absolute atomic E-state index is 0.0411. The summed E-state index contributed by atoms with van der Waals surface area (Å²) in [5.74, 6) is 0.0739. The molecule has 8 heteroatoms. The first kappa shape index (κ1) is 22.4. The molecule has 2 aromatic rings. The Morgan fingerprint density at radius 2 is 1.74 bits per heavy atom. The van der Waals surface area contributed by atoms with Crippen LogP contribution in [-0.4, -0.2) is 60.9 Å². The number of carbonyl (C=O) groups is 2. The van der Waals surface area contributed by atoms with Crippen LogP contribution < -0.4 is 5.32 Å². The third-order valence-electron chi connectivity index (χ3n) is 6.30. The summed E-state index contributed by atoms with van der Waals surface area (Å²) in [6, 6.07) is 12.4. The molecule has 2 aliphatic rings. The van der Waals surface area contributed by atoms with Crippen molar-refractivity contribution in [2.24, 2.45) is 5.92 Å².